The van der Waals surface area contributed by atoms with Crippen molar-refractivity contribution in [2.75, 3.05) is 19.8 Å². The molecule has 138 valence electrons. The Morgan fingerprint density at radius 1 is 1.19 bits per heavy atom. The predicted molar refractivity (Wildman–Crippen MR) is 98.6 cm³/mol. The topological polar surface area (TPSA) is 108 Å². The Morgan fingerprint density at radius 3 is 2.73 bits per heavy atom. The number of nitrogens with zero attached hydrogens (tertiary/aromatic N) is 3. The number of aromatic nitrogens is 4. The van der Waals surface area contributed by atoms with Crippen LogP contribution in [0, 0.1) is 0 Å². The summed E-state index contributed by atoms with van der Waals surface area (Å²) in [5, 5.41) is 0. The highest BCUT2D eigenvalue weighted by Gasteiger charge is 2.11. The maximum atomic E-state index is 12.3. The van der Waals surface area contributed by atoms with Crippen LogP contribution in [0.25, 0.3) is 11.2 Å². The van der Waals surface area contributed by atoms with Crippen molar-refractivity contribution in [2.45, 2.75) is 26.3 Å². The van der Waals surface area contributed by atoms with Gasteiger partial charge in [0.05, 0.1) is 19.3 Å². The first-order valence-corrected chi connectivity index (χ1v) is 8.71. The standard InChI is InChI=1S/C18H23N5O3/c1-2-3-9-26-17-20-11-15-16(22-17)23(18(24)21-15)12-13-4-6-14(7-5-13)25-10-8-19/h4-7,11H,2-3,8-10,12,19H2,1H3,(H,21,24). The lowest BCUT2D eigenvalue weighted by atomic mass is 10.2. The van der Waals surface area contributed by atoms with Gasteiger partial charge in [0.15, 0.2) is 5.65 Å². The fourth-order valence-electron chi connectivity index (χ4n) is 2.50. The maximum absolute atomic E-state index is 12.3. The Hall–Kier alpha value is -2.87. The summed E-state index contributed by atoms with van der Waals surface area (Å²) >= 11 is 0. The second kappa shape index (κ2) is 8.48. The minimum Gasteiger partial charge on any atom is -0.492 e. The summed E-state index contributed by atoms with van der Waals surface area (Å²) in [5.41, 5.74) is 7.27. The number of benzene rings is 1. The molecule has 0 aliphatic rings. The van der Waals surface area contributed by atoms with Crippen LogP contribution in [0.15, 0.2) is 35.3 Å². The van der Waals surface area contributed by atoms with Crippen LogP contribution in [0.5, 0.6) is 11.8 Å². The molecule has 0 aliphatic heterocycles. The normalized spacial score (nSPS) is 11.0. The van der Waals surface area contributed by atoms with Crippen LogP contribution >= 0.6 is 0 Å². The third kappa shape index (κ3) is 4.20. The van der Waals surface area contributed by atoms with Crippen molar-refractivity contribution in [3.63, 3.8) is 0 Å². The number of rotatable bonds is 9. The highest BCUT2D eigenvalue weighted by atomic mass is 16.5. The summed E-state index contributed by atoms with van der Waals surface area (Å²) in [6, 6.07) is 7.83. The number of aromatic amines is 1. The number of hydrogen-bond acceptors (Lipinski definition) is 6. The second-order valence-electron chi connectivity index (χ2n) is 5.89. The van der Waals surface area contributed by atoms with Crippen LogP contribution < -0.4 is 20.9 Å². The van der Waals surface area contributed by atoms with E-state index >= 15 is 0 Å². The van der Waals surface area contributed by atoms with E-state index in [9.17, 15) is 4.79 Å². The van der Waals surface area contributed by atoms with Gasteiger partial charge in [0.25, 0.3) is 0 Å². The largest absolute Gasteiger partial charge is 0.492 e. The molecule has 0 bridgehead atoms. The third-order valence-electron chi connectivity index (χ3n) is 3.87. The van der Waals surface area contributed by atoms with Gasteiger partial charge in [-0.05, 0) is 24.1 Å². The average Bonchev–Trinajstić information content (AvgIpc) is 2.96. The minimum absolute atomic E-state index is 0.233. The summed E-state index contributed by atoms with van der Waals surface area (Å²) in [4.78, 5) is 23.6. The van der Waals surface area contributed by atoms with Gasteiger partial charge in [-0.1, -0.05) is 25.5 Å². The van der Waals surface area contributed by atoms with Crippen molar-refractivity contribution in [3.8, 4) is 11.8 Å². The highest BCUT2D eigenvalue weighted by Crippen LogP contribution is 2.15. The number of nitrogens with two attached hydrogens (primary N) is 1. The van der Waals surface area contributed by atoms with E-state index in [2.05, 4.69) is 21.9 Å². The van der Waals surface area contributed by atoms with E-state index in [1.807, 2.05) is 24.3 Å². The van der Waals surface area contributed by atoms with Crippen LogP contribution in [0.4, 0.5) is 0 Å². The van der Waals surface area contributed by atoms with Gasteiger partial charge in [-0.3, -0.25) is 4.57 Å². The molecule has 2 heterocycles. The van der Waals surface area contributed by atoms with Crippen LogP contribution in [0.3, 0.4) is 0 Å². The molecule has 26 heavy (non-hydrogen) atoms. The Kier molecular flexibility index (Phi) is 5.85. The first kappa shape index (κ1) is 17.9. The number of H-pyrrole nitrogens is 1. The Labute approximate surface area is 151 Å². The number of ether oxygens (including phenoxy) is 2. The fourth-order valence-corrected chi connectivity index (χ4v) is 2.50. The van der Waals surface area contributed by atoms with E-state index < -0.39 is 0 Å². The smallest absolute Gasteiger partial charge is 0.328 e. The van der Waals surface area contributed by atoms with Gasteiger partial charge < -0.3 is 20.2 Å². The van der Waals surface area contributed by atoms with Gasteiger partial charge in [-0.2, -0.15) is 4.98 Å². The van der Waals surface area contributed by atoms with E-state index in [0.29, 0.717) is 37.5 Å². The predicted octanol–water partition coefficient (Wildman–Crippen LogP) is 1.68. The molecule has 0 aliphatic carbocycles. The van der Waals surface area contributed by atoms with E-state index in [4.69, 9.17) is 15.2 Å². The van der Waals surface area contributed by atoms with Gasteiger partial charge in [0, 0.05) is 6.54 Å². The molecule has 0 atom stereocenters. The third-order valence-corrected chi connectivity index (χ3v) is 3.87. The van der Waals surface area contributed by atoms with E-state index in [-0.39, 0.29) is 11.7 Å². The first-order chi connectivity index (χ1) is 12.7. The molecule has 1 aromatic carbocycles. The molecule has 0 amide bonds. The highest BCUT2D eigenvalue weighted by molar-refractivity contribution is 5.69. The molecule has 0 saturated heterocycles. The second-order valence-corrected chi connectivity index (χ2v) is 5.89. The molecule has 0 radical (unpaired) electrons. The number of imidazole rings is 1. The lowest BCUT2D eigenvalue weighted by molar-refractivity contribution is 0.286. The summed E-state index contributed by atoms with van der Waals surface area (Å²) in [6.07, 6.45) is 3.54. The maximum Gasteiger partial charge on any atom is 0.328 e. The quantitative estimate of drug-likeness (QED) is 0.564. The van der Waals surface area contributed by atoms with E-state index in [1.54, 1.807) is 10.8 Å². The van der Waals surface area contributed by atoms with Crippen molar-refractivity contribution in [3.05, 3.63) is 46.5 Å². The zero-order chi connectivity index (χ0) is 18.4. The first-order valence-electron chi connectivity index (χ1n) is 8.71. The summed E-state index contributed by atoms with van der Waals surface area (Å²) in [6.45, 7) is 3.97. The average molecular weight is 357 g/mol. The molecule has 3 aromatic rings. The molecule has 0 saturated carbocycles. The van der Waals surface area contributed by atoms with Gasteiger partial charge >= 0.3 is 11.7 Å². The van der Waals surface area contributed by atoms with Crippen molar-refractivity contribution in [2.24, 2.45) is 5.73 Å². The molecule has 3 rings (SSSR count). The van der Waals surface area contributed by atoms with Crippen LogP contribution in [-0.2, 0) is 6.54 Å². The molecular formula is C18H23N5O3. The Morgan fingerprint density at radius 2 is 2.00 bits per heavy atom. The molecule has 8 heteroatoms. The molecule has 3 N–H and O–H groups in total. The van der Waals surface area contributed by atoms with Gasteiger partial charge in [0.2, 0.25) is 0 Å². The van der Waals surface area contributed by atoms with Crippen molar-refractivity contribution >= 4 is 11.2 Å². The lowest BCUT2D eigenvalue weighted by Gasteiger charge is -2.07. The SMILES string of the molecule is CCCCOc1ncc2[nH]c(=O)n(Cc3ccc(OCCN)cc3)c2n1. The van der Waals surface area contributed by atoms with E-state index in [0.717, 1.165) is 24.2 Å². The molecule has 0 spiro atoms. The number of unbranched alkanes of at least 4 members (excludes halogenated alkanes) is 1. The molecule has 0 fully saturated rings. The zero-order valence-corrected chi connectivity index (χ0v) is 14.8. The zero-order valence-electron chi connectivity index (χ0n) is 14.8. The number of nitrogens with one attached hydrogen (secondary N) is 1. The molecule has 0 unspecified atom stereocenters. The van der Waals surface area contributed by atoms with Gasteiger partial charge in [0.1, 0.15) is 17.9 Å². The van der Waals surface area contributed by atoms with Crippen molar-refractivity contribution in [1.82, 2.24) is 19.5 Å². The van der Waals surface area contributed by atoms with Gasteiger partial charge in [-0.15, -0.1) is 0 Å². The number of fused-ring (bicyclic) bond motifs is 1. The number of hydrogen-bond donors (Lipinski definition) is 2. The summed E-state index contributed by atoms with van der Waals surface area (Å²) in [5.74, 6) is 0.749. The van der Waals surface area contributed by atoms with Crippen LogP contribution in [0.1, 0.15) is 25.3 Å². The summed E-state index contributed by atoms with van der Waals surface area (Å²) < 4.78 is 12.6. The summed E-state index contributed by atoms with van der Waals surface area (Å²) in [7, 11) is 0. The monoisotopic (exact) mass is 357 g/mol. The molecule has 2 aromatic heterocycles. The molecule has 8 nitrogen and oxygen atoms in total. The minimum atomic E-state index is -0.233. The van der Waals surface area contributed by atoms with Crippen molar-refractivity contribution in [1.29, 1.82) is 0 Å². The van der Waals surface area contributed by atoms with Crippen LogP contribution in [-0.4, -0.2) is 39.3 Å². The molecular weight excluding hydrogens is 334 g/mol. The Balaban J connectivity index is 1.81. The van der Waals surface area contributed by atoms with Crippen LogP contribution in [0.2, 0.25) is 0 Å². The van der Waals surface area contributed by atoms with Gasteiger partial charge in [-0.25, -0.2) is 9.78 Å². The fraction of sp³-hybridized carbons (Fsp3) is 0.389. The van der Waals surface area contributed by atoms with E-state index in [1.165, 1.54) is 0 Å². The lowest BCUT2D eigenvalue weighted by Crippen LogP contribution is -2.18. The van der Waals surface area contributed by atoms with Crippen molar-refractivity contribution < 1.29 is 9.47 Å². The Bertz CT molecular complexity index is 901.